The van der Waals surface area contributed by atoms with E-state index in [9.17, 15) is 0 Å². The van der Waals surface area contributed by atoms with Gasteiger partial charge in [-0.2, -0.15) is 0 Å². The second-order valence-electron chi connectivity index (χ2n) is 8.44. The number of allylic oxidation sites excluding steroid dienone is 1. The van der Waals surface area contributed by atoms with E-state index in [1.165, 1.54) is 16.7 Å². The lowest BCUT2D eigenvalue weighted by Gasteiger charge is -2.34. The van der Waals surface area contributed by atoms with Gasteiger partial charge in [0.05, 0.1) is 23.6 Å². The van der Waals surface area contributed by atoms with Crippen molar-refractivity contribution in [3.63, 3.8) is 0 Å². The van der Waals surface area contributed by atoms with Gasteiger partial charge in [-0.1, -0.05) is 48.6 Å². The highest BCUT2D eigenvalue weighted by Gasteiger charge is 2.26. The number of fused-ring (bicyclic) bond motifs is 2. The maximum atomic E-state index is 4.85. The SMILES string of the molecule is CNCc1ccc(CN(Cc2nc3ccccc3[nH]2)C2C=C3C=CC=NC3CC2)cc1. The molecule has 0 spiro atoms. The average Bonchev–Trinajstić information content (AvgIpc) is 3.22. The van der Waals surface area contributed by atoms with Crippen LogP contribution in [-0.4, -0.2) is 40.2 Å². The van der Waals surface area contributed by atoms with Gasteiger partial charge in [-0.15, -0.1) is 0 Å². The highest BCUT2D eigenvalue weighted by atomic mass is 15.2. The Hall–Kier alpha value is -3.02. The normalized spacial score (nSPS) is 20.3. The van der Waals surface area contributed by atoms with Crippen LogP contribution in [0.4, 0.5) is 0 Å². The maximum Gasteiger partial charge on any atom is 0.121 e. The highest BCUT2D eigenvalue weighted by Crippen LogP contribution is 2.29. The summed E-state index contributed by atoms with van der Waals surface area (Å²) in [5.74, 6) is 1.02. The van der Waals surface area contributed by atoms with Crippen LogP contribution in [0.1, 0.15) is 29.8 Å². The van der Waals surface area contributed by atoms with Crippen molar-refractivity contribution >= 4 is 17.2 Å². The van der Waals surface area contributed by atoms with Gasteiger partial charge in [0, 0.05) is 25.3 Å². The first-order valence-electron chi connectivity index (χ1n) is 11.1. The van der Waals surface area contributed by atoms with Crippen molar-refractivity contribution in [2.45, 2.75) is 44.6 Å². The fraction of sp³-hybridized carbons (Fsp3) is 0.308. The second kappa shape index (κ2) is 9.00. The Labute approximate surface area is 183 Å². The van der Waals surface area contributed by atoms with E-state index in [1.54, 1.807) is 0 Å². The average molecular weight is 412 g/mol. The summed E-state index contributed by atoms with van der Waals surface area (Å²) in [6.07, 6.45) is 10.8. The molecule has 5 rings (SSSR count). The third-order valence-electron chi connectivity index (χ3n) is 6.20. The van der Waals surface area contributed by atoms with Crippen molar-refractivity contribution in [3.8, 4) is 0 Å². The van der Waals surface area contributed by atoms with Crippen LogP contribution >= 0.6 is 0 Å². The first-order chi connectivity index (χ1) is 15.3. The molecule has 2 unspecified atom stereocenters. The Balaban J connectivity index is 1.41. The summed E-state index contributed by atoms with van der Waals surface area (Å²) in [5.41, 5.74) is 6.11. The van der Waals surface area contributed by atoms with E-state index in [2.05, 4.69) is 80.9 Å². The van der Waals surface area contributed by atoms with E-state index in [4.69, 9.17) is 4.98 Å². The number of rotatable bonds is 7. The van der Waals surface area contributed by atoms with Crippen LogP contribution < -0.4 is 5.32 Å². The number of aliphatic imine (C=N–C) groups is 1. The molecule has 0 amide bonds. The van der Waals surface area contributed by atoms with E-state index in [0.717, 1.165) is 49.3 Å². The summed E-state index contributed by atoms with van der Waals surface area (Å²) >= 11 is 0. The fourth-order valence-corrected chi connectivity index (χ4v) is 4.60. The fourth-order valence-electron chi connectivity index (χ4n) is 4.60. The molecule has 2 aliphatic rings. The minimum atomic E-state index is 0.329. The number of para-hydroxylation sites is 2. The number of benzene rings is 2. The van der Waals surface area contributed by atoms with Crippen LogP contribution in [0.15, 0.2) is 77.3 Å². The predicted molar refractivity (Wildman–Crippen MR) is 127 cm³/mol. The molecule has 0 radical (unpaired) electrons. The maximum absolute atomic E-state index is 4.85. The molecule has 2 aromatic carbocycles. The number of H-pyrrole nitrogens is 1. The Bertz CT molecular complexity index is 1090. The Morgan fingerprint density at radius 1 is 1.03 bits per heavy atom. The Morgan fingerprint density at radius 3 is 2.71 bits per heavy atom. The van der Waals surface area contributed by atoms with E-state index >= 15 is 0 Å². The highest BCUT2D eigenvalue weighted by molar-refractivity contribution is 5.75. The van der Waals surface area contributed by atoms with Gasteiger partial charge in [0.1, 0.15) is 5.82 Å². The van der Waals surface area contributed by atoms with E-state index in [1.807, 2.05) is 19.3 Å². The summed E-state index contributed by atoms with van der Waals surface area (Å²) in [5, 5.41) is 3.22. The first-order valence-corrected chi connectivity index (χ1v) is 11.1. The van der Waals surface area contributed by atoms with Crippen molar-refractivity contribution in [1.29, 1.82) is 0 Å². The molecule has 5 heteroatoms. The number of aromatic nitrogens is 2. The molecule has 0 saturated heterocycles. The largest absolute Gasteiger partial charge is 0.341 e. The molecular formula is C26H29N5. The number of dihydropyridines is 1. The molecule has 0 bridgehead atoms. The van der Waals surface area contributed by atoms with Gasteiger partial charge in [0.15, 0.2) is 0 Å². The van der Waals surface area contributed by atoms with Crippen LogP contribution in [0, 0.1) is 0 Å². The van der Waals surface area contributed by atoms with Gasteiger partial charge in [-0.05, 0) is 54.8 Å². The van der Waals surface area contributed by atoms with Gasteiger partial charge >= 0.3 is 0 Å². The van der Waals surface area contributed by atoms with Crippen molar-refractivity contribution in [2.75, 3.05) is 7.05 Å². The van der Waals surface area contributed by atoms with Gasteiger partial charge in [0.25, 0.3) is 0 Å². The Kier molecular flexibility index (Phi) is 5.78. The first kappa shape index (κ1) is 19.9. The number of imidazole rings is 1. The summed E-state index contributed by atoms with van der Waals surface area (Å²) < 4.78 is 0. The molecule has 3 aromatic rings. The Morgan fingerprint density at radius 2 is 1.87 bits per heavy atom. The zero-order valence-corrected chi connectivity index (χ0v) is 18.0. The molecule has 1 aliphatic carbocycles. The van der Waals surface area contributed by atoms with E-state index in [0.29, 0.717) is 12.1 Å². The molecule has 0 fully saturated rings. The minimum absolute atomic E-state index is 0.329. The molecule has 2 heterocycles. The van der Waals surface area contributed by atoms with Gasteiger partial charge in [0.2, 0.25) is 0 Å². The molecule has 2 N–H and O–H groups in total. The number of nitrogens with zero attached hydrogens (tertiary/aromatic N) is 3. The second-order valence-corrected chi connectivity index (χ2v) is 8.44. The molecular weight excluding hydrogens is 382 g/mol. The summed E-state index contributed by atoms with van der Waals surface area (Å²) in [6, 6.07) is 17.9. The van der Waals surface area contributed by atoms with Crippen LogP contribution in [-0.2, 0) is 19.6 Å². The molecule has 0 saturated carbocycles. The number of hydrogen-bond donors (Lipinski definition) is 2. The van der Waals surface area contributed by atoms with Crippen molar-refractivity contribution < 1.29 is 0 Å². The minimum Gasteiger partial charge on any atom is -0.341 e. The van der Waals surface area contributed by atoms with Crippen molar-refractivity contribution in [3.05, 3.63) is 89.3 Å². The molecule has 1 aliphatic heterocycles. The lowest BCUT2D eigenvalue weighted by atomic mass is 9.89. The van der Waals surface area contributed by atoms with E-state index < -0.39 is 0 Å². The van der Waals surface area contributed by atoms with Crippen LogP contribution in [0.25, 0.3) is 11.0 Å². The summed E-state index contributed by atoms with van der Waals surface area (Å²) in [7, 11) is 1.98. The third-order valence-corrected chi connectivity index (χ3v) is 6.20. The lowest BCUT2D eigenvalue weighted by Crippen LogP contribution is -2.37. The monoisotopic (exact) mass is 411 g/mol. The number of nitrogens with one attached hydrogen (secondary N) is 2. The smallest absolute Gasteiger partial charge is 0.121 e. The summed E-state index contributed by atoms with van der Waals surface area (Å²) in [4.78, 5) is 15.5. The molecule has 158 valence electrons. The molecule has 31 heavy (non-hydrogen) atoms. The van der Waals surface area contributed by atoms with Crippen LogP contribution in [0.3, 0.4) is 0 Å². The standard InChI is InChI=1S/C26H29N5/c1-27-16-19-8-10-20(11-9-19)17-31(18-26-29-24-6-2-3-7-25(24)30-26)22-12-13-23-21(15-22)5-4-14-28-23/h2-11,14-15,22-23,27H,12-13,16-18H2,1H3,(H,29,30). The van der Waals surface area contributed by atoms with Crippen LogP contribution in [0.2, 0.25) is 0 Å². The molecule has 2 atom stereocenters. The van der Waals surface area contributed by atoms with Gasteiger partial charge < -0.3 is 10.3 Å². The van der Waals surface area contributed by atoms with Gasteiger partial charge in [-0.25, -0.2) is 4.98 Å². The summed E-state index contributed by atoms with van der Waals surface area (Å²) in [6.45, 7) is 2.58. The quantitative estimate of drug-likeness (QED) is 0.607. The zero-order valence-electron chi connectivity index (χ0n) is 18.0. The zero-order chi connectivity index (χ0) is 21.0. The third kappa shape index (κ3) is 4.53. The van der Waals surface area contributed by atoms with E-state index in [-0.39, 0.29) is 0 Å². The van der Waals surface area contributed by atoms with Crippen molar-refractivity contribution in [2.24, 2.45) is 4.99 Å². The lowest BCUT2D eigenvalue weighted by molar-refractivity contribution is 0.188. The van der Waals surface area contributed by atoms with Gasteiger partial charge in [-0.3, -0.25) is 9.89 Å². The number of hydrogen-bond acceptors (Lipinski definition) is 4. The molecule has 1 aromatic heterocycles. The number of aromatic amines is 1. The van der Waals surface area contributed by atoms with Crippen LogP contribution in [0.5, 0.6) is 0 Å². The topological polar surface area (TPSA) is 56.3 Å². The molecule has 5 nitrogen and oxygen atoms in total. The van der Waals surface area contributed by atoms with Crippen molar-refractivity contribution in [1.82, 2.24) is 20.2 Å². The predicted octanol–water partition coefficient (Wildman–Crippen LogP) is 4.38.